The van der Waals surface area contributed by atoms with E-state index in [9.17, 15) is 9.59 Å². The Morgan fingerprint density at radius 1 is 1.00 bits per heavy atom. The van der Waals surface area contributed by atoms with Crippen LogP contribution in [-0.2, 0) is 9.53 Å². The Balaban J connectivity index is 2.17. The first kappa shape index (κ1) is 20.6. The lowest BCUT2D eigenvalue weighted by molar-refractivity contribution is -0.123. The second-order valence-electron chi connectivity index (χ2n) is 5.60. The van der Waals surface area contributed by atoms with Gasteiger partial charge in [0, 0.05) is 12.1 Å². The van der Waals surface area contributed by atoms with Crippen LogP contribution in [0.25, 0.3) is 0 Å². The summed E-state index contributed by atoms with van der Waals surface area (Å²) < 4.78 is 20.8. The lowest BCUT2D eigenvalue weighted by atomic mass is 10.1. The molecule has 0 saturated heterocycles. The van der Waals surface area contributed by atoms with Crippen LogP contribution in [0, 0.1) is 11.3 Å². The van der Waals surface area contributed by atoms with E-state index in [0.717, 1.165) is 0 Å². The van der Waals surface area contributed by atoms with Crippen molar-refractivity contribution >= 4 is 17.6 Å². The maximum atomic E-state index is 12.6. The number of ether oxygens (including phenoxy) is 4. The van der Waals surface area contributed by atoms with E-state index >= 15 is 0 Å². The molecule has 28 heavy (non-hydrogen) atoms. The van der Waals surface area contributed by atoms with Crippen LogP contribution in [0.5, 0.6) is 17.2 Å². The highest BCUT2D eigenvalue weighted by molar-refractivity contribution is 5.99. The number of nitrogens with zero attached hydrogens (tertiary/aromatic N) is 1. The van der Waals surface area contributed by atoms with Crippen LogP contribution in [0.3, 0.4) is 0 Å². The third kappa shape index (κ3) is 4.51. The molecule has 0 spiro atoms. The first-order chi connectivity index (χ1) is 13.4. The minimum absolute atomic E-state index is 0.0808. The zero-order chi connectivity index (χ0) is 20.7. The van der Waals surface area contributed by atoms with Gasteiger partial charge in [-0.3, -0.25) is 4.79 Å². The van der Waals surface area contributed by atoms with Gasteiger partial charge in [0.1, 0.15) is 17.4 Å². The monoisotopic (exact) mass is 384 g/mol. The minimum Gasteiger partial charge on any atom is -0.496 e. The van der Waals surface area contributed by atoms with Crippen molar-refractivity contribution in [3.8, 4) is 23.3 Å². The normalized spacial score (nSPS) is 11.0. The fourth-order valence-electron chi connectivity index (χ4n) is 2.39. The number of amides is 1. The largest absolute Gasteiger partial charge is 0.496 e. The molecular weight excluding hydrogens is 364 g/mol. The molecular formula is C20H20N2O6. The minimum atomic E-state index is -1.11. The van der Waals surface area contributed by atoms with Crippen LogP contribution in [-0.4, -0.2) is 39.3 Å². The number of benzene rings is 2. The van der Waals surface area contributed by atoms with Gasteiger partial charge in [-0.15, -0.1) is 0 Å². The standard InChI is InChI=1S/C20H20N2O6/c1-12(19(23)22-15-8-6-5-7-13(15)11-21)28-20(24)14-9-17(26-3)18(27-4)10-16(14)25-2/h5-10,12H,1-4H3,(H,22,23)/t12-/m1/s1. The van der Waals surface area contributed by atoms with Crippen LogP contribution >= 0.6 is 0 Å². The van der Waals surface area contributed by atoms with Gasteiger partial charge in [0.05, 0.1) is 32.6 Å². The number of hydrogen-bond acceptors (Lipinski definition) is 7. The second-order valence-corrected chi connectivity index (χ2v) is 5.60. The van der Waals surface area contributed by atoms with E-state index < -0.39 is 18.0 Å². The molecule has 146 valence electrons. The molecule has 0 bridgehead atoms. The molecule has 8 heteroatoms. The predicted octanol–water partition coefficient (Wildman–Crippen LogP) is 2.77. The molecule has 0 aliphatic carbocycles. The van der Waals surface area contributed by atoms with Gasteiger partial charge in [-0.05, 0) is 19.1 Å². The van der Waals surface area contributed by atoms with Crippen molar-refractivity contribution in [2.45, 2.75) is 13.0 Å². The third-order valence-electron chi connectivity index (χ3n) is 3.88. The van der Waals surface area contributed by atoms with E-state index in [4.69, 9.17) is 24.2 Å². The van der Waals surface area contributed by atoms with Crippen LogP contribution in [0.2, 0.25) is 0 Å². The average molecular weight is 384 g/mol. The SMILES string of the molecule is COc1cc(OC)c(C(=O)O[C@H](C)C(=O)Nc2ccccc2C#N)cc1OC. The summed E-state index contributed by atoms with van der Waals surface area (Å²) in [5, 5.41) is 11.7. The van der Waals surface area contributed by atoms with Gasteiger partial charge in [-0.2, -0.15) is 5.26 Å². The first-order valence-electron chi connectivity index (χ1n) is 8.26. The Labute approximate surface area is 162 Å². The van der Waals surface area contributed by atoms with Crippen LogP contribution in [0.1, 0.15) is 22.8 Å². The molecule has 0 heterocycles. The van der Waals surface area contributed by atoms with Gasteiger partial charge in [-0.1, -0.05) is 12.1 Å². The molecule has 1 atom stereocenters. The highest BCUT2D eigenvalue weighted by atomic mass is 16.6. The lowest BCUT2D eigenvalue weighted by Gasteiger charge is -2.16. The van der Waals surface area contributed by atoms with Crippen molar-refractivity contribution in [1.82, 2.24) is 0 Å². The summed E-state index contributed by atoms with van der Waals surface area (Å²) in [7, 11) is 4.29. The number of nitrogens with one attached hydrogen (secondary N) is 1. The summed E-state index contributed by atoms with van der Waals surface area (Å²) in [5.74, 6) is -0.431. The van der Waals surface area contributed by atoms with Gasteiger partial charge in [0.25, 0.3) is 5.91 Å². The van der Waals surface area contributed by atoms with Crippen molar-refractivity contribution in [3.63, 3.8) is 0 Å². The fourth-order valence-corrected chi connectivity index (χ4v) is 2.39. The average Bonchev–Trinajstić information content (AvgIpc) is 2.72. The number of carbonyl (C=O) groups is 2. The van der Waals surface area contributed by atoms with Gasteiger partial charge in [-0.25, -0.2) is 4.79 Å². The zero-order valence-corrected chi connectivity index (χ0v) is 15.9. The van der Waals surface area contributed by atoms with Gasteiger partial charge in [0.2, 0.25) is 0 Å². The summed E-state index contributed by atoms with van der Waals surface area (Å²) in [5.41, 5.74) is 0.717. The topological polar surface area (TPSA) is 107 Å². The van der Waals surface area contributed by atoms with Crippen molar-refractivity contribution < 1.29 is 28.5 Å². The Morgan fingerprint density at radius 3 is 2.21 bits per heavy atom. The molecule has 0 unspecified atom stereocenters. The molecule has 0 aliphatic rings. The van der Waals surface area contributed by atoms with Crippen LogP contribution in [0.15, 0.2) is 36.4 Å². The number of methoxy groups -OCH3 is 3. The molecule has 2 aromatic rings. The Kier molecular flexibility index (Phi) is 6.82. The molecule has 1 N–H and O–H groups in total. The molecule has 0 aromatic heterocycles. The Bertz CT molecular complexity index is 919. The highest BCUT2D eigenvalue weighted by Gasteiger charge is 2.24. The first-order valence-corrected chi connectivity index (χ1v) is 8.26. The molecule has 2 aromatic carbocycles. The molecule has 0 saturated carbocycles. The Hall–Kier alpha value is -3.73. The third-order valence-corrected chi connectivity index (χ3v) is 3.88. The molecule has 2 rings (SSSR count). The van der Waals surface area contributed by atoms with Crippen LogP contribution in [0.4, 0.5) is 5.69 Å². The van der Waals surface area contributed by atoms with E-state index in [2.05, 4.69) is 5.32 Å². The van der Waals surface area contributed by atoms with E-state index in [1.165, 1.54) is 40.4 Å². The van der Waals surface area contributed by atoms with E-state index in [-0.39, 0.29) is 11.3 Å². The molecule has 0 fully saturated rings. The number of rotatable bonds is 7. The molecule has 0 aliphatic heterocycles. The smallest absolute Gasteiger partial charge is 0.342 e. The summed E-state index contributed by atoms with van der Waals surface area (Å²) in [6, 6.07) is 11.4. The molecule has 8 nitrogen and oxygen atoms in total. The number of esters is 1. The van der Waals surface area contributed by atoms with Gasteiger partial charge >= 0.3 is 5.97 Å². The Morgan fingerprint density at radius 2 is 1.61 bits per heavy atom. The number of carbonyl (C=O) groups excluding carboxylic acids is 2. The summed E-state index contributed by atoms with van der Waals surface area (Å²) in [4.78, 5) is 24.9. The zero-order valence-electron chi connectivity index (χ0n) is 15.9. The number of anilines is 1. The molecule has 1 amide bonds. The van der Waals surface area contributed by atoms with Crippen LogP contribution < -0.4 is 19.5 Å². The quantitative estimate of drug-likeness (QED) is 0.732. The summed E-state index contributed by atoms with van der Waals surface area (Å²) in [6.45, 7) is 1.43. The van der Waals surface area contributed by atoms with Gasteiger partial charge in [0.15, 0.2) is 17.6 Å². The van der Waals surface area contributed by atoms with Crippen molar-refractivity contribution in [2.24, 2.45) is 0 Å². The highest BCUT2D eigenvalue weighted by Crippen LogP contribution is 2.35. The van der Waals surface area contributed by atoms with Crippen molar-refractivity contribution in [3.05, 3.63) is 47.5 Å². The number of nitriles is 1. The predicted molar refractivity (Wildman–Crippen MR) is 101 cm³/mol. The number of para-hydroxylation sites is 1. The lowest BCUT2D eigenvalue weighted by Crippen LogP contribution is -2.30. The van der Waals surface area contributed by atoms with Crippen molar-refractivity contribution in [1.29, 1.82) is 5.26 Å². The van der Waals surface area contributed by atoms with Crippen molar-refractivity contribution in [2.75, 3.05) is 26.6 Å². The molecule has 0 radical (unpaired) electrons. The van der Waals surface area contributed by atoms with Gasteiger partial charge < -0.3 is 24.3 Å². The summed E-state index contributed by atoms with van der Waals surface area (Å²) in [6.07, 6.45) is -1.11. The number of hydrogen-bond donors (Lipinski definition) is 1. The maximum absolute atomic E-state index is 12.6. The van der Waals surface area contributed by atoms with E-state index in [1.54, 1.807) is 24.3 Å². The summed E-state index contributed by atoms with van der Waals surface area (Å²) >= 11 is 0. The second kappa shape index (κ2) is 9.28. The van der Waals surface area contributed by atoms with E-state index in [1.807, 2.05) is 6.07 Å². The maximum Gasteiger partial charge on any atom is 0.342 e. The fraction of sp³-hybridized carbons (Fsp3) is 0.250. The van der Waals surface area contributed by atoms with E-state index in [0.29, 0.717) is 22.7 Å².